The van der Waals surface area contributed by atoms with Gasteiger partial charge in [-0.2, -0.15) is 0 Å². The highest BCUT2D eigenvalue weighted by Crippen LogP contribution is 2.43. The normalized spacial score (nSPS) is 32.4. The molecule has 0 aromatic rings. The van der Waals surface area contributed by atoms with Crippen molar-refractivity contribution in [3.63, 3.8) is 0 Å². The van der Waals surface area contributed by atoms with Crippen molar-refractivity contribution < 1.29 is 13.2 Å². The van der Waals surface area contributed by atoms with Gasteiger partial charge in [0.15, 0.2) is 5.83 Å². The van der Waals surface area contributed by atoms with Crippen LogP contribution < -0.4 is 0 Å². The molecule has 0 aromatic carbocycles. The van der Waals surface area contributed by atoms with Gasteiger partial charge in [-0.25, -0.2) is 13.2 Å². The molecular weight excluding hydrogens is 309 g/mol. The smallest absolute Gasteiger partial charge is 0.154 e. The van der Waals surface area contributed by atoms with Gasteiger partial charge < -0.3 is 0 Å². The molecule has 0 saturated heterocycles. The van der Waals surface area contributed by atoms with Crippen molar-refractivity contribution >= 4 is 0 Å². The second-order valence-electron chi connectivity index (χ2n) is 7.03. The van der Waals surface area contributed by atoms with Crippen molar-refractivity contribution in [1.29, 1.82) is 0 Å². The van der Waals surface area contributed by atoms with E-state index in [0.29, 0.717) is 11.9 Å². The minimum Gasteiger partial charge on any atom is -0.216 e. The Hall–Kier alpha value is -0.990. The molecule has 2 aliphatic carbocycles. The SMILES string of the molecule is CC.CC1CCC(C2CCC(C(=C/C=C/F)/C(F)=C/F)CC2)CC1. The summed E-state index contributed by atoms with van der Waals surface area (Å²) < 4.78 is 38.4. The first-order valence-electron chi connectivity index (χ1n) is 9.58. The van der Waals surface area contributed by atoms with E-state index < -0.39 is 5.83 Å². The highest BCUT2D eigenvalue weighted by Gasteiger charge is 2.31. The number of allylic oxidation sites excluding steroid dienone is 4. The van der Waals surface area contributed by atoms with E-state index in [1.807, 2.05) is 13.8 Å². The number of hydrogen-bond donors (Lipinski definition) is 0. The zero-order chi connectivity index (χ0) is 17.9. The van der Waals surface area contributed by atoms with Gasteiger partial charge >= 0.3 is 0 Å². The fourth-order valence-corrected chi connectivity index (χ4v) is 4.27. The van der Waals surface area contributed by atoms with Crippen LogP contribution in [0, 0.1) is 23.7 Å². The molecule has 0 amide bonds. The Bertz CT molecular complexity index is 420. The Morgan fingerprint density at radius 1 is 0.833 bits per heavy atom. The zero-order valence-electron chi connectivity index (χ0n) is 15.4. The number of halogens is 3. The Labute approximate surface area is 145 Å². The molecule has 0 bridgehead atoms. The second-order valence-corrected chi connectivity index (χ2v) is 7.03. The van der Waals surface area contributed by atoms with Crippen LogP contribution in [-0.4, -0.2) is 0 Å². The third-order valence-electron chi connectivity index (χ3n) is 5.66. The third kappa shape index (κ3) is 6.14. The predicted octanol–water partition coefficient (Wildman–Crippen LogP) is 7.84. The summed E-state index contributed by atoms with van der Waals surface area (Å²) in [7, 11) is 0. The second kappa shape index (κ2) is 11.5. The minimum atomic E-state index is -0.854. The fourth-order valence-electron chi connectivity index (χ4n) is 4.27. The largest absolute Gasteiger partial charge is 0.216 e. The molecule has 0 N–H and O–H groups in total. The first-order chi connectivity index (χ1) is 11.7. The number of rotatable bonds is 4. The fraction of sp³-hybridized carbons (Fsp3) is 0.714. The van der Waals surface area contributed by atoms with Gasteiger partial charge in [0.1, 0.15) is 6.33 Å². The third-order valence-corrected chi connectivity index (χ3v) is 5.66. The Kier molecular flexibility index (Phi) is 10.1. The lowest BCUT2D eigenvalue weighted by atomic mass is 9.68. The van der Waals surface area contributed by atoms with E-state index in [1.54, 1.807) is 0 Å². The molecule has 2 fully saturated rings. The van der Waals surface area contributed by atoms with Gasteiger partial charge in [0.2, 0.25) is 0 Å². The summed E-state index contributed by atoms with van der Waals surface area (Å²) in [5, 5.41) is 0. The van der Waals surface area contributed by atoms with E-state index >= 15 is 0 Å². The van der Waals surface area contributed by atoms with Gasteiger partial charge in [0, 0.05) is 0 Å². The molecular formula is C21H33F3. The van der Waals surface area contributed by atoms with Gasteiger partial charge in [-0.05, 0) is 73.8 Å². The molecule has 0 nitrogen and oxygen atoms in total. The van der Waals surface area contributed by atoms with Crippen LogP contribution in [-0.2, 0) is 0 Å². The van der Waals surface area contributed by atoms with Crippen LogP contribution in [0.2, 0.25) is 0 Å². The van der Waals surface area contributed by atoms with Crippen molar-refractivity contribution in [3.05, 3.63) is 36.2 Å². The van der Waals surface area contributed by atoms with Crippen molar-refractivity contribution in [2.75, 3.05) is 0 Å². The number of hydrogen-bond acceptors (Lipinski definition) is 0. The predicted molar refractivity (Wildman–Crippen MR) is 96.5 cm³/mol. The molecule has 0 heterocycles. The molecule has 3 heteroatoms. The van der Waals surface area contributed by atoms with Crippen molar-refractivity contribution in [2.45, 2.75) is 72.1 Å². The molecule has 0 unspecified atom stereocenters. The monoisotopic (exact) mass is 342 g/mol. The highest BCUT2D eigenvalue weighted by atomic mass is 19.2. The van der Waals surface area contributed by atoms with Crippen LogP contribution in [0.5, 0.6) is 0 Å². The van der Waals surface area contributed by atoms with Crippen molar-refractivity contribution in [1.82, 2.24) is 0 Å². The Morgan fingerprint density at radius 3 is 1.79 bits per heavy atom. The van der Waals surface area contributed by atoms with E-state index in [0.717, 1.165) is 49.5 Å². The topological polar surface area (TPSA) is 0 Å². The molecule has 2 rings (SSSR count). The highest BCUT2D eigenvalue weighted by molar-refractivity contribution is 5.30. The average Bonchev–Trinajstić information content (AvgIpc) is 2.64. The lowest BCUT2D eigenvalue weighted by Crippen LogP contribution is -2.26. The van der Waals surface area contributed by atoms with Crippen LogP contribution in [0.4, 0.5) is 13.2 Å². The van der Waals surface area contributed by atoms with Gasteiger partial charge in [-0.15, -0.1) is 0 Å². The maximum absolute atomic E-state index is 13.7. The van der Waals surface area contributed by atoms with Crippen LogP contribution in [0.3, 0.4) is 0 Å². The quantitative estimate of drug-likeness (QED) is 0.456. The summed E-state index contributed by atoms with van der Waals surface area (Å²) in [5.41, 5.74) is 0.312. The lowest BCUT2D eigenvalue weighted by Gasteiger charge is -2.37. The molecule has 2 aliphatic rings. The first kappa shape index (κ1) is 21.1. The van der Waals surface area contributed by atoms with Crippen molar-refractivity contribution in [3.8, 4) is 0 Å². The summed E-state index contributed by atoms with van der Waals surface area (Å²) in [5.74, 6) is 1.57. The average molecular weight is 342 g/mol. The summed E-state index contributed by atoms with van der Waals surface area (Å²) in [6, 6.07) is 0. The van der Waals surface area contributed by atoms with Gasteiger partial charge in [0.25, 0.3) is 0 Å². The lowest BCUT2D eigenvalue weighted by molar-refractivity contribution is 0.158. The van der Waals surface area contributed by atoms with Crippen molar-refractivity contribution in [2.24, 2.45) is 23.7 Å². The summed E-state index contributed by atoms with van der Waals surface area (Å²) in [6.45, 7) is 6.33. The van der Waals surface area contributed by atoms with E-state index in [1.165, 1.54) is 31.8 Å². The van der Waals surface area contributed by atoms with Gasteiger partial charge in [0.05, 0.1) is 6.33 Å². The maximum Gasteiger partial charge on any atom is 0.154 e. The van der Waals surface area contributed by atoms with Crippen LogP contribution in [0.15, 0.2) is 36.2 Å². The van der Waals surface area contributed by atoms with E-state index in [4.69, 9.17) is 0 Å². The van der Waals surface area contributed by atoms with E-state index in [2.05, 4.69) is 6.92 Å². The molecule has 138 valence electrons. The molecule has 0 aliphatic heterocycles. The summed E-state index contributed by atoms with van der Waals surface area (Å²) in [4.78, 5) is 0. The van der Waals surface area contributed by atoms with E-state index in [-0.39, 0.29) is 12.2 Å². The zero-order valence-corrected chi connectivity index (χ0v) is 15.4. The Morgan fingerprint density at radius 2 is 1.33 bits per heavy atom. The molecule has 2 saturated carbocycles. The van der Waals surface area contributed by atoms with Crippen LogP contribution >= 0.6 is 0 Å². The first-order valence-corrected chi connectivity index (χ1v) is 9.58. The molecule has 0 atom stereocenters. The van der Waals surface area contributed by atoms with Gasteiger partial charge in [-0.1, -0.05) is 39.7 Å². The molecule has 0 radical (unpaired) electrons. The summed E-state index contributed by atoms with van der Waals surface area (Å²) in [6.07, 6.45) is 12.1. The summed E-state index contributed by atoms with van der Waals surface area (Å²) >= 11 is 0. The van der Waals surface area contributed by atoms with E-state index in [9.17, 15) is 13.2 Å². The molecule has 24 heavy (non-hydrogen) atoms. The molecule has 0 spiro atoms. The minimum absolute atomic E-state index is 0.00742. The van der Waals surface area contributed by atoms with Gasteiger partial charge in [-0.3, -0.25) is 0 Å². The standard InChI is InChI=1S/C19H27F3.C2H6/c1-14-4-6-15(7-5-14)16-8-10-17(11-9-16)18(3-2-12-20)19(22)13-21;1-2/h2-3,12-17H,4-11H2,1H3;1-2H3/b12-2+,18-3-,19-13-;. The molecule has 0 aromatic heterocycles. The van der Waals surface area contributed by atoms with Crippen LogP contribution in [0.25, 0.3) is 0 Å². The van der Waals surface area contributed by atoms with Crippen LogP contribution in [0.1, 0.15) is 72.1 Å². The maximum atomic E-state index is 13.7. The Balaban J connectivity index is 0.00000139.